The van der Waals surface area contributed by atoms with Crippen molar-refractivity contribution in [3.8, 4) is 5.75 Å². The van der Waals surface area contributed by atoms with Crippen LogP contribution in [0, 0.1) is 0 Å². The zero-order chi connectivity index (χ0) is 16.0. The number of ketones is 1. The van der Waals surface area contributed by atoms with Crippen LogP contribution in [-0.4, -0.2) is 37.1 Å². The first-order chi connectivity index (χ1) is 9.90. The summed E-state index contributed by atoms with van der Waals surface area (Å²) >= 11 is 0. The fourth-order valence-electron chi connectivity index (χ4n) is 2.21. The van der Waals surface area contributed by atoms with Gasteiger partial charge in [-0.15, -0.1) is 0 Å². The minimum Gasteiger partial charge on any atom is -0.496 e. The number of hydrogen-bond acceptors (Lipinski definition) is 4. The molecule has 5 nitrogen and oxygen atoms in total. The van der Waals surface area contributed by atoms with Crippen LogP contribution in [0.4, 0.5) is 0 Å². The summed E-state index contributed by atoms with van der Waals surface area (Å²) in [6.45, 7) is 4.07. The molecule has 1 rings (SSSR count). The second-order valence-electron chi connectivity index (χ2n) is 5.25. The number of benzene rings is 1. The number of carbonyl (C=O) groups excluding carboxylic acids is 1. The molecule has 0 spiro atoms. The van der Waals surface area contributed by atoms with Crippen LogP contribution >= 0.6 is 0 Å². The Kier molecular flexibility index (Phi) is 6.37. The van der Waals surface area contributed by atoms with Crippen molar-refractivity contribution >= 4 is 11.8 Å². The van der Waals surface area contributed by atoms with E-state index in [2.05, 4.69) is 5.32 Å². The fraction of sp³-hybridized carbons (Fsp3) is 0.500. The maximum atomic E-state index is 12.5. The molecule has 0 amide bonds. The highest BCUT2D eigenvalue weighted by Crippen LogP contribution is 2.27. The number of likely N-dealkylation sites (N-methyl/N-ethyl adjacent to an activating group) is 1. The summed E-state index contributed by atoms with van der Waals surface area (Å²) in [4.78, 5) is 23.1. The van der Waals surface area contributed by atoms with E-state index < -0.39 is 12.0 Å². The molecule has 2 N–H and O–H groups in total. The number of methoxy groups -OCH3 is 1. The molecule has 0 saturated carbocycles. The normalized spacial score (nSPS) is 12.2. The molecule has 1 atom stereocenters. The maximum absolute atomic E-state index is 12.5. The minimum atomic E-state index is -0.902. The van der Waals surface area contributed by atoms with E-state index in [0.29, 0.717) is 5.56 Å². The van der Waals surface area contributed by atoms with Crippen molar-refractivity contribution in [1.82, 2.24) is 5.32 Å². The van der Waals surface area contributed by atoms with Gasteiger partial charge in [0, 0.05) is 12.0 Å². The molecular weight excluding hydrogens is 270 g/mol. The Morgan fingerprint density at radius 3 is 2.48 bits per heavy atom. The van der Waals surface area contributed by atoms with Gasteiger partial charge in [-0.3, -0.25) is 9.59 Å². The molecule has 1 aromatic rings. The van der Waals surface area contributed by atoms with Crippen molar-refractivity contribution in [2.75, 3.05) is 14.2 Å². The highest BCUT2D eigenvalue weighted by Gasteiger charge is 2.21. The smallest absolute Gasteiger partial charge is 0.303 e. The van der Waals surface area contributed by atoms with E-state index in [-0.39, 0.29) is 24.5 Å². The number of aliphatic carboxylic acids is 1. The van der Waals surface area contributed by atoms with E-state index in [0.717, 1.165) is 11.3 Å². The van der Waals surface area contributed by atoms with Gasteiger partial charge in [-0.05, 0) is 43.1 Å². The van der Waals surface area contributed by atoms with Gasteiger partial charge in [-0.1, -0.05) is 13.8 Å². The summed E-state index contributed by atoms with van der Waals surface area (Å²) < 4.78 is 5.30. The van der Waals surface area contributed by atoms with E-state index in [1.165, 1.54) is 0 Å². The second kappa shape index (κ2) is 7.78. The van der Waals surface area contributed by atoms with Crippen LogP contribution in [0.15, 0.2) is 18.2 Å². The molecule has 0 aromatic heterocycles. The highest BCUT2D eigenvalue weighted by atomic mass is 16.5. The van der Waals surface area contributed by atoms with Gasteiger partial charge in [0.1, 0.15) is 5.75 Å². The summed E-state index contributed by atoms with van der Waals surface area (Å²) in [5, 5.41) is 11.6. The van der Waals surface area contributed by atoms with Crippen LogP contribution in [0.5, 0.6) is 5.75 Å². The van der Waals surface area contributed by atoms with Crippen LogP contribution in [0.25, 0.3) is 0 Å². The first-order valence-corrected chi connectivity index (χ1v) is 7.01. The molecule has 0 aliphatic heterocycles. The molecule has 5 heteroatoms. The van der Waals surface area contributed by atoms with Crippen LogP contribution in [0.1, 0.15) is 48.5 Å². The highest BCUT2D eigenvalue weighted by molar-refractivity contribution is 6.00. The van der Waals surface area contributed by atoms with E-state index in [1.54, 1.807) is 26.3 Å². The third-order valence-corrected chi connectivity index (χ3v) is 3.45. The van der Waals surface area contributed by atoms with Gasteiger partial charge in [0.05, 0.1) is 13.2 Å². The van der Waals surface area contributed by atoms with Crippen molar-refractivity contribution in [3.63, 3.8) is 0 Å². The number of hydrogen-bond donors (Lipinski definition) is 2. The van der Waals surface area contributed by atoms with Gasteiger partial charge >= 0.3 is 5.97 Å². The quantitative estimate of drug-likeness (QED) is 0.720. The lowest BCUT2D eigenvalue weighted by Crippen LogP contribution is -2.34. The summed E-state index contributed by atoms with van der Waals surface area (Å²) in [7, 11) is 3.27. The van der Waals surface area contributed by atoms with Crippen molar-refractivity contribution in [2.45, 2.75) is 38.6 Å². The average Bonchev–Trinajstić information content (AvgIpc) is 2.46. The van der Waals surface area contributed by atoms with Crippen molar-refractivity contribution in [1.29, 1.82) is 0 Å². The molecule has 0 aliphatic carbocycles. The molecule has 0 bridgehead atoms. The van der Waals surface area contributed by atoms with Crippen molar-refractivity contribution in [2.24, 2.45) is 0 Å². The van der Waals surface area contributed by atoms with Gasteiger partial charge in [0.15, 0.2) is 5.78 Å². The second-order valence-corrected chi connectivity index (χ2v) is 5.25. The largest absolute Gasteiger partial charge is 0.496 e. The zero-order valence-corrected chi connectivity index (χ0v) is 13.0. The van der Waals surface area contributed by atoms with Crippen LogP contribution in [0.2, 0.25) is 0 Å². The number of rotatable bonds is 8. The van der Waals surface area contributed by atoms with E-state index in [9.17, 15) is 9.59 Å². The first kappa shape index (κ1) is 17.2. The first-order valence-electron chi connectivity index (χ1n) is 7.01. The molecule has 116 valence electrons. The van der Waals surface area contributed by atoms with Gasteiger partial charge in [0.25, 0.3) is 0 Å². The van der Waals surface area contributed by atoms with Crippen LogP contribution < -0.4 is 10.1 Å². The Labute approximate surface area is 125 Å². The van der Waals surface area contributed by atoms with E-state index in [4.69, 9.17) is 9.84 Å². The lowest BCUT2D eigenvalue weighted by Gasteiger charge is -2.17. The van der Waals surface area contributed by atoms with Crippen LogP contribution in [-0.2, 0) is 4.79 Å². The molecular formula is C16H23NO4. The Bertz CT molecular complexity index is 511. The van der Waals surface area contributed by atoms with Gasteiger partial charge in [0.2, 0.25) is 0 Å². The van der Waals surface area contributed by atoms with Gasteiger partial charge in [-0.2, -0.15) is 0 Å². The molecule has 0 aliphatic rings. The Hall–Kier alpha value is -1.88. The standard InChI is InChI=1S/C16H23NO4/c1-10(2)12-9-11(5-7-14(12)21-4)16(20)13(17-3)6-8-15(18)19/h5,7,9-10,13,17H,6,8H2,1-4H3,(H,18,19). The molecule has 21 heavy (non-hydrogen) atoms. The Morgan fingerprint density at radius 1 is 1.33 bits per heavy atom. The molecule has 1 aromatic carbocycles. The monoisotopic (exact) mass is 293 g/mol. The molecule has 0 saturated heterocycles. The lowest BCUT2D eigenvalue weighted by atomic mass is 9.94. The van der Waals surface area contributed by atoms with Crippen molar-refractivity contribution < 1.29 is 19.4 Å². The molecule has 0 radical (unpaired) electrons. The molecule has 0 heterocycles. The SMILES string of the molecule is CNC(CCC(=O)O)C(=O)c1ccc(OC)c(C(C)C)c1. The van der Waals surface area contributed by atoms with Crippen LogP contribution in [0.3, 0.4) is 0 Å². The number of ether oxygens (including phenoxy) is 1. The number of Topliss-reactive ketones (excluding diaryl/α,β-unsaturated/α-hetero) is 1. The maximum Gasteiger partial charge on any atom is 0.303 e. The lowest BCUT2D eigenvalue weighted by molar-refractivity contribution is -0.137. The number of carbonyl (C=O) groups is 2. The average molecular weight is 293 g/mol. The predicted molar refractivity (Wildman–Crippen MR) is 81.1 cm³/mol. The number of nitrogens with one attached hydrogen (secondary N) is 1. The molecule has 1 unspecified atom stereocenters. The predicted octanol–water partition coefficient (Wildman–Crippen LogP) is 2.45. The molecule has 0 fully saturated rings. The summed E-state index contributed by atoms with van der Waals surface area (Å²) in [6.07, 6.45) is 0.234. The van der Waals surface area contributed by atoms with Crippen molar-refractivity contribution in [3.05, 3.63) is 29.3 Å². The number of carboxylic acid groups (broad SMARTS) is 1. The van der Waals surface area contributed by atoms with E-state index in [1.807, 2.05) is 19.9 Å². The summed E-state index contributed by atoms with van der Waals surface area (Å²) in [6, 6.07) is 4.84. The number of carboxylic acids is 1. The minimum absolute atomic E-state index is 0.0373. The Morgan fingerprint density at radius 2 is 2.00 bits per heavy atom. The Balaban J connectivity index is 3.00. The zero-order valence-electron chi connectivity index (χ0n) is 13.0. The topological polar surface area (TPSA) is 75.6 Å². The van der Waals surface area contributed by atoms with Gasteiger partial charge in [-0.25, -0.2) is 0 Å². The summed E-state index contributed by atoms with van der Waals surface area (Å²) in [5.74, 6) is -0.00296. The third-order valence-electron chi connectivity index (χ3n) is 3.45. The summed E-state index contributed by atoms with van der Waals surface area (Å²) in [5.41, 5.74) is 1.54. The van der Waals surface area contributed by atoms with Gasteiger partial charge < -0.3 is 15.2 Å². The fourth-order valence-corrected chi connectivity index (χ4v) is 2.21. The third kappa shape index (κ3) is 4.56. The van der Waals surface area contributed by atoms with E-state index >= 15 is 0 Å².